The van der Waals surface area contributed by atoms with E-state index < -0.39 is 39.9 Å². The van der Waals surface area contributed by atoms with Gasteiger partial charge >= 0.3 is 5.97 Å². The molecule has 0 atom stereocenters. The number of aromatic carboxylic acids is 1. The van der Waals surface area contributed by atoms with Crippen LogP contribution in [0.25, 0.3) is 22.3 Å². The number of hydrogen-bond acceptors (Lipinski definition) is 3. The summed E-state index contributed by atoms with van der Waals surface area (Å²) in [5.41, 5.74) is -1.07. The number of carboxylic acid groups (broad SMARTS) is 1. The van der Waals surface area contributed by atoms with Gasteiger partial charge in [-0.15, -0.1) is 0 Å². The number of aryl methyl sites for hydroxylation is 1. The summed E-state index contributed by atoms with van der Waals surface area (Å²) in [4.78, 5) is 23.9. The van der Waals surface area contributed by atoms with E-state index in [1.165, 1.54) is 12.1 Å². The van der Waals surface area contributed by atoms with E-state index in [4.69, 9.17) is 4.42 Å². The van der Waals surface area contributed by atoms with Crippen molar-refractivity contribution in [2.45, 2.75) is 6.92 Å². The SMILES string of the molecule is Cc1ccc2c(=O)c(C(=O)O)c(-c3cc(F)ccc3F)oc2c1. The summed E-state index contributed by atoms with van der Waals surface area (Å²) in [6, 6.07) is 7.13. The molecular weight excluding hydrogens is 306 g/mol. The van der Waals surface area contributed by atoms with Crippen LogP contribution >= 0.6 is 0 Å². The van der Waals surface area contributed by atoms with Gasteiger partial charge in [0.2, 0.25) is 5.43 Å². The average Bonchev–Trinajstić information content (AvgIpc) is 2.48. The summed E-state index contributed by atoms with van der Waals surface area (Å²) in [5.74, 6) is -3.73. The molecule has 116 valence electrons. The molecule has 2 aromatic carbocycles. The third kappa shape index (κ3) is 2.48. The normalized spacial score (nSPS) is 10.9. The highest BCUT2D eigenvalue weighted by Crippen LogP contribution is 2.29. The van der Waals surface area contributed by atoms with Crippen LogP contribution in [0.2, 0.25) is 0 Å². The van der Waals surface area contributed by atoms with Crippen molar-refractivity contribution in [1.82, 2.24) is 0 Å². The lowest BCUT2D eigenvalue weighted by molar-refractivity contribution is 0.0694. The Morgan fingerprint density at radius 3 is 2.57 bits per heavy atom. The van der Waals surface area contributed by atoms with Gasteiger partial charge in [0, 0.05) is 0 Å². The maximum Gasteiger partial charge on any atom is 0.343 e. The number of carboxylic acids is 1. The monoisotopic (exact) mass is 316 g/mol. The van der Waals surface area contributed by atoms with Crippen LogP contribution in [-0.2, 0) is 0 Å². The van der Waals surface area contributed by atoms with Crippen molar-refractivity contribution in [3.63, 3.8) is 0 Å². The molecule has 0 spiro atoms. The standard InChI is InChI=1S/C17H10F2O4/c1-8-2-4-10-13(6-8)23-16(14(15(10)20)17(21)22)11-7-9(18)3-5-12(11)19/h2-7H,1H3,(H,21,22). The third-order valence-electron chi connectivity index (χ3n) is 3.43. The van der Waals surface area contributed by atoms with Gasteiger partial charge in [-0.25, -0.2) is 13.6 Å². The molecule has 0 aliphatic carbocycles. The van der Waals surface area contributed by atoms with E-state index in [-0.39, 0.29) is 11.0 Å². The van der Waals surface area contributed by atoms with Crippen molar-refractivity contribution in [3.05, 3.63) is 69.4 Å². The number of rotatable bonds is 2. The molecule has 1 heterocycles. The molecule has 1 N–H and O–H groups in total. The molecule has 1 aromatic heterocycles. The van der Waals surface area contributed by atoms with Gasteiger partial charge in [-0.3, -0.25) is 4.79 Å². The number of benzene rings is 2. The van der Waals surface area contributed by atoms with E-state index in [0.29, 0.717) is 0 Å². The van der Waals surface area contributed by atoms with Gasteiger partial charge in [-0.2, -0.15) is 0 Å². The predicted molar refractivity (Wildman–Crippen MR) is 79.5 cm³/mol. The second kappa shape index (κ2) is 5.31. The first kappa shape index (κ1) is 14.9. The molecule has 3 rings (SSSR count). The zero-order valence-electron chi connectivity index (χ0n) is 11.9. The maximum atomic E-state index is 14.0. The fourth-order valence-electron chi connectivity index (χ4n) is 2.36. The van der Waals surface area contributed by atoms with Gasteiger partial charge in [-0.1, -0.05) is 6.07 Å². The Hall–Kier alpha value is -3.02. The Kier molecular flexibility index (Phi) is 3.44. The summed E-state index contributed by atoms with van der Waals surface area (Å²) in [7, 11) is 0. The van der Waals surface area contributed by atoms with Gasteiger partial charge in [-0.05, 0) is 42.8 Å². The first-order valence-corrected chi connectivity index (χ1v) is 6.64. The Balaban J connectivity index is 2.48. The van der Waals surface area contributed by atoms with Crippen LogP contribution < -0.4 is 5.43 Å². The largest absolute Gasteiger partial charge is 0.477 e. The smallest absolute Gasteiger partial charge is 0.343 e. The van der Waals surface area contributed by atoms with Crippen LogP contribution in [0, 0.1) is 18.6 Å². The van der Waals surface area contributed by atoms with E-state index in [1.54, 1.807) is 13.0 Å². The lowest BCUT2D eigenvalue weighted by Crippen LogP contribution is -2.17. The summed E-state index contributed by atoms with van der Waals surface area (Å²) >= 11 is 0. The fourth-order valence-corrected chi connectivity index (χ4v) is 2.36. The average molecular weight is 316 g/mol. The van der Waals surface area contributed by atoms with Crippen molar-refractivity contribution in [3.8, 4) is 11.3 Å². The second-order valence-electron chi connectivity index (χ2n) is 5.06. The molecular formula is C17H10F2O4. The minimum atomic E-state index is -1.57. The zero-order chi connectivity index (χ0) is 16.7. The van der Waals surface area contributed by atoms with Crippen LogP contribution in [0.15, 0.2) is 45.6 Å². The van der Waals surface area contributed by atoms with Crippen LogP contribution in [0.4, 0.5) is 8.78 Å². The Labute approximate surface area is 128 Å². The zero-order valence-corrected chi connectivity index (χ0v) is 11.9. The lowest BCUT2D eigenvalue weighted by Gasteiger charge is -2.09. The van der Waals surface area contributed by atoms with Crippen LogP contribution in [0.3, 0.4) is 0 Å². The Morgan fingerprint density at radius 2 is 1.87 bits per heavy atom. The van der Waals surface area contributed by atoms with Crippen molar-refractivity contribution in [2.75, 3.05) is 0 Å². The highest BCUT2D eigenvalue weighted by atomic mass is 19.1. The molecule has 0 aliphatic heterocycles. The van der Waals surface area contributed by atoms with Crippen molar-refractivity contribution in [1.29, 1.82) is 0 Å². The third-order valence-corrected chi connectivity index (χ3v) is 3.43. The second-order valence-corrected chi connectivity index (χ2v) is 5.06. The van der Waals surface area contributed by atoms with Crippen LogP contribution in [0.1, 0.15) is 15.9 Å². The van der Waals surface area contributed by atoms with Gasteiger partial charge in [0.15, 0.2) is 11.3 Å². The van der Waals surface area contributed by atoms with Gasteiger partial charge in [0.05, 0.1) is 10.9 Å². The number of carbonyl (C=O) groups is 1. The summed E-state index contributed by atoms with van der Waals surface area (Å²) in [5, 5.41) is 9.37. The van der Waals surface area contributed by atoms with Gasteiger partial charge in [0.1, 0.15) is 17.2 Å². The molecule has 0 radical (unpaired) electrons. The summed E-state index contributed by atoms with van der Waals surface area (Å²) in [6.45, 7) is 1.76. The molecule has 6 heteroatoms. The summed E-state index contributed by atoms with van der Waals surface area (Å²) < 4.78 is 32.8. The van der Waals surface area contributed by atoms with Crippen LogP contribution in [-0.4, -0.2) is 11.1 Å². The number of hydrogen-bond donors (Lipinski definition) is 1. The Morgan fingerprint density at radius 1 is 1.13 bits per heavy atom. The van der Waals surface area contributed by atoms with Gasteiger partial charge < -0.3 is 9.52 Å². The maximum absolute atomic E-state index is 14.0. The predicted octanol–water partition coefficient (Wildman–Crippen LogP) is 3.74. The highest BCUT2D eigenvalue weighted by molar-refractivity contribution is 5.98. The van der Waals surface area contributed by atoms with Crippen LogP contribution in [0.5, 0.6) is 0 Å². The quantitative estimate of drug-likeness (QED) is 0.782. The fraction of sp³-hybridized carbons (Fsp3) is 0.0588. The first-order chi connectivity index (χ1) is 10.9. The molecule has 0 saturated carbocycles. The number of fused-ring (bicyclic) bond motifs is 1. The van der Waals surface area contributed by atoms with Crippen molar-refractivity contribution < 1.29 is 23.1 Å². The molecule has 3 aromatic rings. The van der Waals surface area contributed by atoms with E-state index in [2.05, 4.69) is 0 Å². The molecule has 0 saturated heterocycles. The molecule has 4 nitrogen and oxygen atoms in total. The molecule has 23 heavy (non-hydrogen) atoms. The molecule has 0 amide bonds. The van der Waals surface area contributed by atoms with E-state index in [1.807, 2.05) is 0 Å². The highest BCUT2D eigenvalue weighted by Gasteiger charge is 2.24. The number of halogens is 2. The first-order valence-electron chi connectivity index (χ1n) is 6.64. The summed E-state index contributed by atoms with van der Waals surface area (Å²) in [6.07, 6.45) is 0. The van der Waals surface area contributed by atoms with Gasteiger partial charge in [0.25, 0.3) is 0 Å². The van der Waals surface area contributed by atoms with E-state index in [9.17, 15) is 23.5 Å². The topological polar surface area (TPSA) is 67.5 Å². The van der Waals surface area contributed by atoms with Crippen molar-refractivity contribution in [2.24, 2.45) is 0 Å². The Bertz CT molecular complexity index is 1010. The molecule has 0 aliphatic rings. The molecule has 0 fully saturated rings. The molecule has 0 unspecified atom stereocenters. The minimum Gasteiger partial charge on any atom is -0.477 e. The van der Waals surface area contributed by atoms with Crippen molar-refractivity contribution >= 4 is 16.9 Å². The lowest BCUT2D eigenvalue weighted by atomic mass is 10.0. The van der Waals surface area contributed by atoms with E-state index >= 15 is 0 Å². The molecule has 0 bridgehead atoms. The minimum absolute atomic E-state index is 0.0635. The van der Waals surface area contributed by atoms with E-state index in [0.717, 1.165) is 23.8 Å².